The van der Waals surface area contributed by atoms with Crippen molar-refractivity contribution >= 4 is 159 Å². The van der Waals surface area contributed by atoms with Crippen molar-refractivity contribution in [2.75, 3.05) is 0 Å². The minimum Gasteiger partial charge on any atom is -0.454 e. The molecule has 0 atom stereocenters. The first kappa shape index (κ1) is 75.9. The Morgan fingerprint density at radius 3 is 1.10 bits per heavy atom. The molecule has 0 bridgehead atoms. The van der Waals surface area contributed by atoms with Gasteiger partial charge in [0.05, 0.1) is 86.4 Å². The lowest BCUT2D eigenvalue weighted by atomic mass is 10.0. The van der Waals surface area contributed by atoms with Crippen molar-refractivity contribution in [3.05, 3.63) is 446 Å². The molecule has 18 aromatic carbocycles. The van der Waals surface area contributed by atoms with Gasteiger partial charge in [-0.25, -0.2) is 44.4 Å². The third-order valence-corrected chi connectivity index (χ3v) is 25.7. The van der Waals surface area contributed by atoms with Gasteiger partial charge in [0.25, 0.3) is 0 Å². The van der Waals surface area contributed by atoms with Gasteiger partial charge in [0.2, 0.25) is 0 Å². The molecule has 0 aliphatic heterocycles. The lowest BCUT2D eigenvalue weighted by molar-refractivity contribution is 0.670. The Kier molecular flexibility index (Phi) is 17.8. The van der Waals surface area contributed by atoms with Crippen LogP contribution in [-0.4, -0.2) is 43.6 Å². The molecule has 0 fully saturated rings. The van der Waals surface area contributed by atoms with E-state index in [4.69, 9.17) is 58.5 Å². The molecule has 0 N–H and O–H groups in total. The van der Waals surface area contributed by atoms with Crippen LogP contribution in [0.2, 0.25) is 0 Å². The molecule has 26 aromatic rings. The highest BCUT2D eigenvalue weighted by Crippen LogP contribution is 2.48. The van der Waals surface area contributed by atoms with E-state index in [1.807, 2.05) is 164 Å². The van der Waals surface area contributed by atoms with E-state index in [1.54, 1.807) is 0 Å². The fourth-order valence-electron chi connectivity index (χ4n) is 19.7. The first-order valence-corrected chi connectivity index (χ1v) is 43.7. The average molecular weight is 1690 g/mol. The molecule has 0 unspecified atom stereocenters. The summed E-state index contributed by atoms with van der Waals surface area (Å²) in [6, 6.07) is 137. The van der Waals surface area contributed by atoms with E-state index in [-0.39, 0.29) is 0 Å². The standard InChI is InChI=1S/C40H24N4.2C39H22N4O/c1-41-28-19-17-25(18-20-28)38-34-14-4-6-15-36(34)42-40(43-38)27-10-8-11-29(23-27)44-37-16-7-5-13-32(37)33-22-21-31-30-12-3-2-9-26(30)24-35(31)39(33)44;1-40-26-12-8-10-24(22-26)36-32-16-2-5-17-33(32)41-39(42-36)25-11-9-13-27(23-25)43-34-18-6-3-14-28(34)30-20-21-31-29-15-4-7-19-35(29)44-38(31)37(30)43;1-40-26-10-8-9-25(23-26)36-32-13-2-5-14-33(32)41-39(42-36)24-17-19-27(20-18-24)43-34-15-6-3-11-28(34)30-21-22-31-29-12-4-7-16-35(29)44-38(31)37(30)43/h2-23H,24H2;2*2-23H. The maximum absolute atomic E-state index is 7.51. The van der Waals surface area contributed by atoms with Crippen LogP contribution in [0.3, 0.4) is 0 Å². The quantitative estimate of drug-likeness (QED) is 0.131. The van der Waals surface area contributed by atoms with Gasteiger partial charge >= 0.3 is 0 Å². The molecule has 612 valence electrons. The minimum atomic E-state index is 0.581. The average Bonchev–Trinajstić information content (AvgIpc) is 1.57. The number of hydrogen-bond acceptors (Lipinski definition) is 8. The van der Waals surface area contributed by atoms with Gasteiger partial charge in [-0.2, -0.15) is 0 Å². The maximum Gasteiger partial charge on any atom is 0.187 e. The first-order valence-electron chi connectivity index (χ1n) is 43.7. The van der Waals surface area contributed by atoms with E-state index < -0.39 is 0 Å². The maximum atomic E-state index is 7.51. The molecule has 0 saturated heterocycles. The minimum absolute atomic E-state index is 0.581. The third-order valence-electron chi connectivity index (χ3n) is 25.7. The number of para-hydroxylation sites is 8. The van der Waals surface area contributed by atoms with E-state index >= 15 is 0 Å². The van der Waals surface area contributed by atoms with Gasteiger partial charge < -0.3 is 22.5 Å². The number of aromatic nitrogens is 9. The van der Waals surface area contributed by atoms with Gasteiger partial charge in [-0.05, 0) is 160 Å². The van der Waals surface area contributed by atoms with E-state index in [2.05, 4.69) is 265 Å². The summed E-state index contributed by atoms with van der Waals surface area (Å²) < 4.78 is 20.0. The Morgan fingerprint density at radius 2 is 0.606 bits per heavy atom. The molecule has 0 radical (unpaired) electrons. The molecule has 27 rings (SSSR count). The van der Waals surface area contributed by atoms with Crippen LogP contribution >= 0.6 is 0 Å². The third kappa shape index (κ3) is 12.5. The van der Waals surface area contributed by atoms with E-state index in [9.17, 15) is 0 Å². The van der Waals surface area contributed by atoms with Crippen molar-refractivity contribution in [2.24, 2.45) is 0 Å². The van der Waals surface area contributed by atoms with Crippen LogP contribution in [-0.2, 0) is 6.42 Å². The molecule has 132 heavy (non-hydrogen) atoms. The smallest absolute Gasteiger partial charge is 0.187 e. The Labute approximate surface area is 754 Å². The van der Waals surface area contributed by atoms with Crippen molar-refractivity contribution in [3.8, 4) is 96.1 Å². The molecule has 0 amide bonds. The highest BCUT2D eigenvalue weighted by molar-refractivity contribution is 6.23. The number of fused-ring (bicyclic) bond motifs is 24. The summed E-state index contributed by atoms with van der Waals surface area (Å²) in [5.41, 5.74) is 31.1. The van der Waals surface area contributed by atoms with Crippen molar-refractivity contribution in [1.82, 2.24) is 43.6 Å². The summed E-state index contributed by atoms with van der Waals surface area (Å²) in [6.07, 6.45) is 0.919. The van der Waals surface area contributed by atoms with Crippen LogP contribution in [0.15, 0.2) is 409 Å². The number of nitrogens with zero attached hydrogens (tertiary/aromatic N) is 12. The van der Waals surface area contributed by atoms with Crippen molar-refractivity contribution < 1.29 is 8.83 Å². The number of hydrogen-bond donors (Lipinski definition) is 0. The lowest BCUT2D eigenvalue weighted by Gasteiger charge is -2.13. The Hall–Kier alpha value is -18.6. The molecule has 8 heterocycles. The van der Waals surface area contributed by atoms with E-state index in [0.29, 0.717) is 34.5 Å². The molecule has 14 heteroatoms. The second-order valence-corrected chi connectivity index (χ2v) is 33.1. The van der Waals surface area contributed by atoms with Crippen LogP contribution in [0.4, 0.5) is 17.1 Å². The van der Waals surface area contributed by atoms with Gasteiger partial charge in [0, 0.05) is 110 Å². The second kappa shape index (κ2) is 30.9. The topological polar surface area (TPSA) is 131 Å². The predicted octanol–water partition coefficient (Wildman–Crippen LogP) is 31.2. The monoisotopic (exact) mass is 1680 g/mol. The fraction of sp³-hybridized carbons (Fsp3) is 0.00847. The summed E-state index contributed by atoms with van der Waals surface area (Å²) in [5.74, 6) is 1.94. The molecule has 0 spiro atoms. The molecule has 8 aromatic heterocycles. The van der Waals surface area contributed by atoms with Crippen molar-refractivity contribution in [3.63, 3.8) is 0 Å². The van der Waals surface area contributed by atoms with Gasteiger partial charge in [0.1, 0.15) is 11.2 Å². The first-order chi connectivity index (χ1) is 65.3. The largest absolute Gasteiger partial charge is 0.454 e. The summed E-state index contributed by atoms with van der Waals surface area (Å²) >= 11 is 0. The van der Waals surface area contributed by atoms with Crippen molar-refractivity contribution in [2.45, 2.75) is 6.42 Å². The highest BCUT2D eigenvalue weighted by Gasteiger charge is 2.28. The highest BCUT2D eigenvalue weighted by atomic mass is 16.3. The number of benzene rings is 18. The molecule has 14 nitrogen and oxygen atoms in total. The van der Waals surface area contributed by atoms with Gasteiger partial charge in [0.15, 0.2) is 45.7 Å². The molecule has 0 saturated carbocycles. The Balaban J connectivity index is 0.000000106. The SMILES string of the molecule is [C-]#[N+]c1ccc(-c2nc(-c3cccc(-n4c5ccccc5c5ccc6c(c54)Cc4ccccc4-6)c3)nc3ccccc23)cc1.[C-]#[N+]c1cccc(-c2nc(-c3ccc(-n4c5ccccc5c5ccc6c7ccccc7oc6c54)cc3)nc3ccccc23)c1.[C-]#[N+]c1cccc(-c2nc(-c3cccc(-n4c5ccccc5c5ccc6c7ccccc7oc6c54)c3)nc3ccccc23)c1. The number of rotatable bonds is 9. The summed E-state index contributed by atoms with van der Waals surface area (Å²) in [7, 11) is 0. The molecule has 1 aliphatic carbocycles. The zero-order chi connectivity index (χ0) is 87.6. The zero-order valence-electron chi connectivity index (χ0n) is 70.5. The van der Waals surface area contributed by atoms with E-state index in [1.165, 1.54) is 54.8 Å². The summed E-state index contributed by atoms with van der Waals surface area (Å²) in [5, 5.41) is 14.5. The van der Waals surface area contributed by atoms with E-state index in [0.717, 1.165) is 183 Å². The molecule has 1 aliphatic rings. The second-order valence-electron chi connectivity index (χ2n) is 33.1. The van der Waals surface area contributed by atoms with Crippen molar-refractivity contribution in [1.29, 1.82) is 0 Å². The molecular weight excluding hydrogens is 1620 g/mol. The normalized spacial score (nSPS) is 11.7. The predicted molar refractivity (Wildman–Crippen MR) is 536 cm³/mol. The van der Waals surface area contributed by atoms with Crippen LogP contribution in [0, 0.1) is 19.7 Å². The number of furan rings is 2. The van der Waals surface area contributed by atoms with Crippen LogP contribution in [0.25, 0.3) is 253 Å². The lowest BCUT2D eigenvalue weighted by Crippen LogP contribution is -1.99. The summed E-state index contributed by atoms with van der Waals surface area (Å²) in [4.78, 5) is 41.1. The molecular formula is C118H68N12O2. The zero-order valence-corrected chi connectivity index (χ0v) is 70.5. The van der Waals surface area contributed by atoms with Gasteiger partial charge in [-0.3, -0.25) is 0 Å². The summed E-state index contributed by atoms with van der Waals surface area (Å²) in [6.45, 7) is 22.3. The Morgan fingerprint density at radius 1 is 0.235 bits per heavy atom. The van der Waals surface area contributed by atoms with Gasteiger partial charge in [-0.15, -0.1) is 0 Å². The van der Waals surface area contributed by atoms with Crippen LogP contribution < -0.4 is 0 Å². The van der Waals surface area contributed by atoms with Gasteiger partial charge in [-0.1, -0.05) is 279 Å². The fourth-order valence-corrected chi connectivity index (χ4v) is 19.7. The van der Waals surface area contributed by atoms with Crippen LogP contribution in [0.5, 0.6) is 0 Å². The Bertz CT molecular complexity index is 9460. The van der Waals surface area contributed by atoms with Crippen LogP contribution in [0.1, 0.15) is 11.1 Å².